The number of hydrogen-bond acceptors (Lipinski definition) is 3. The summed E-state index contributed by atoms with van der Waals surface area (Å²) in [6.45, 7) is 5.67. The van der Waals surface area contributed by atoms with Gasteiger partial charge in [0.05, 0.1) is 0 Å². The number of benzene rings is 1. The average molecular weight is 289 g/mol. The molecule has 0 atom stereocenters. The molecule has 4 heteroatoms. The molecule has 116 valence electrons. The summed E-state index contributed by atoms with van der Waals surface area (Å²) in [5.74, 6) is 0.0312. The minimum atomic E-state index is 0.0312. The Kier molecular flexibility index (Phi) is 4.88. The van der Waals surface area contributed by atoms with E-state index in [0.717, 1.165) is 29.9 Å². The lowest BCUT2D eigenvalue weighted by atomic mass is 9.75. The van der Waals surface area contributed by atoms with Crippen LogP contribution in [-0.2, 0) is 0 Å². The monoisotopic (exact) mass is 289 g/mol. The van der Waals surface area contributed by atoms with Crippen molar-refractivity contribution in [2.75, 3.05) is 32.5 Å². The molecule has 21 heavy (non-hydrogen) atoms. The zero-order valence-electron chi connectivity index (χ0n) is 13.6. The Bertz CT molecular complexity index is 507. The van der Waals surface area contributed by atoms with Gasteiger partial charge in [-0.15, -0.1) is 0 Å². The Morgan fingerprint density at radius 2 is 2.05 bits per heavy atom. The normalized spacial score (nSPS) is 16.4. The molecular weight excluding hydrogens is 262 g/mol. The van der Waals surface area contributed by atoms with E-state index in [9.17, 15) is 4.79 Å². The van der Waals surface area contributed by atoms with Gasteiger partial charge in [0.1, 0.15) is 0 Å². The van der Waals surface area contributed by atoms with Crippen molar-refractivity contribution < 1.29 is 4.79 Å². The van der Waals surface area contributed by atoms with Crippen molar-refractivity contribution in [1.82, 2.24) is 10.2 Å². The van der Waals surface area contributed by atoms with E-state index in [4.69, 9.17) is 0 Å². The van der Waals surface area contributed by atoms with Gasteiger partial charge in [0, 0.05) is 29.9 Å². The number of carbonyl (C=O) groups excluding carboxylic acids is 1. The molecule has 4 nitrogen and oxygen atoms in total. The fourth-order valence-corrected chi connectivity index (χ4v) is 2.94. The number of amides is 1. The maximum atomic E-state index is 12.4. The molecule has 1 aromatic carbocycles. The predicted molar refractivity (Wildman–Crippen MR) is 87.9 cm³/mol. The van der Waals surface area contributed by atoms with Crippen LogP contribution >= 0.6 is 0 Å². The van der Waals surface area contributed by atoms with Gasteiger partial charge in [0.25, 0.3) is 5.91 Å². The number of rotatable bonds is 6. The van der Waals surface area contributed by atoms with Gasteiger partial charge < -0.3 is 15.5 Å². The average Bonchev–Trinajstić information content (AvgIpc) is 2.37. The molecule has 0 aromatic heterocycles. The first-order valence-corrected chi connectivity index (χ1v) is 7.79. The highest BCUT2D eigenvalue weighted by Gasteiger charge is 2.39. The first-order valence-electron chi connectivity index (χ1n) is 7.79. The van der Waals surface area contributed by atoms with Crippen LogP contribution in [0.4, 0.5) is 5.69 Å². The number of nitrogens with zero attached hydrogens (tertiary/aromatic N) is 1. The number of aryl methyl sites for hydroxylation is 1. The standard InChI is InChI=1S/C17H27N3O/c1-5-18-14-7-8-15(13(2)11-14)16(21)19-12-17(20(3)4)9-6-10-17/h7-8,11,18H,5-6,9-10,12H2,1-4H3,(H,19,21). The van der Waals surface area contributed by atoms with Gasteiger partial charge in [-0.1, -0.05) is 0 Å². The van der Waals surface area contributed by atoms with Gasteiger partial charge in [-0.25, -0.2) is 0 Å². The quantitative estimate of drug-likeness (QED) is 0.846. The molecule has 0 bridgehead atoms. The first kappa shape index (κ1) is 15.8. The summed E-state index contributed by atoms with van der Waals surface area (Å²) in [7, 11) is 4.20. The van der Waals surface area contributed by atoms with Crippen LogP contribution in [0.25, 0.3) is 0 Å². The summed E-state index contributed by atoms with van der Waals surface area (Å²) in [4.78, 5) is 14.6. The highest BCUT2D eigenvalue weighted by molar-refractivity contribution is 5.96. The van der Waals surface area contributed by atoms with Gasteiger partial charge in [-0.05, 0) is 71.0 Å². The summed E-state index contributed by atoms with van der Waals surface area (Å²) >= 11 is 0. The first-order chi connectivity index (χ1) is 9.98. The van der Waals surface area contributed by atoms with Gasteiger partial charge in [0.15, 0.2) is 0 Å². The van der Waals surface area contributed by atoms with Gasteiger partial charge >= 0.3 is 0 Å². The van der Waals surface area contributed by atoms with Crippen LogP contribution in [0.5, 0.6) is 0 Å². The van der Waals surface area contributed by atoms with Crippen molar-refractivity contribution in [3.8, 4) is 0 Å². The van der Waals surface area contributed by atoms with Crippen LogP contribution in [0, 0.1) is 6.92 Å². The van der Waals surface area contributed by atoms with Crippen molar-refractivity contribution in [1.29, 1.82) is 0 Å². The highest BCUT2D eigenvalue weighted by atomic mass is 16.1. The molecule has 1 aromatic rings. The molecule has 0 heterocycles. The van der Waals surface area contributed by atoms with Crippen LogP contribution in [0.15, 0.2) is 18.2 Å². The highest BCUT2D eigenvalue weighted by Crippen LogP contribution is 2.35. The molecule has 0 spiro atoms. The molecule has 0 radical (unpaired) electrons. The van der Waals surface area contributed by atoms with Crippen LogP contribution in [0.3, 0.4) is 0 Å². The largest absolute Gasteiger partial charge is 0.385 e. The molecule has 0 unspecified atom stereocenters. The van der Waals surface area contributed by atoms with E-state index in [0.29, 0.717) is 0 Å². The van der Waals surface area contributed by atoms with Crippen LogP contribution < -0.4 is 10.6 Å². The molecule has 1 aliphatic carbocycles. The van der Waals surface area contributed by atoms with E-state index < -0.39 is 0 Å². The lowest BCUT2D eigenvalue weighted by Gasteiger charge is -2.47. The SMILES string of the molecule is CCNc1ccc(C(=O)NCC2(N(C)C)CCC2)c(C)c1. The van der Waals surface area contributed by atoms with E-state index in [1.807, 2.05) is 25.1 Å². The van der Waals surface area contributed by atoms with Crippen molar-refractivity contribution in [3.05, 3.63) is 29.3 Å². The Labute approximate surface area is 127 Å². The summed E-state index contributed by atoms with van der Waals surface area (Å²) < 4.78 is 0. The van der Waals surface area contributed by atoms with Crippen molar-refractivity contribution in [2.45, 2.75) is 38.6 Å². The third-order valence-corrected chi connectivity index (χ3v) is 4.66. The minimum absolute atomic E-state index is 0.0312. The van der Waals surface area contributed by atoms with Gasteiger partial charge in [-0.3, -0.25) is 4.79 Å². The molecular formula is C17H27N3O. The molecule has 1 saturated carbocycles. The fourth-order valence-electron chi connectivity index (χ4n) is 2.94. The molecule has 1 fully saturated rings. The summed E-state index contributed by atoms with van der Waals surface area (Å²) in [6.07, 6.45) is 3.59. The summed E-state index contributed by atoms with van der Waals surface area (Å²) in [5, 5.41) is 6.38. The number of nitrogens with one attached hydrogen (secondary N) is 2. The lowest BCUT2D eigenvalue weighted by molar-refractivity contribution is 0.0557. The predicted octanol–water partition coefficient (Wildman–Crippen LogP) is 2.64. The zero-order valence-corrected chi connectivity index (χ0v) is 13.6. The topological polar surface area (TPSA) is 44.4 Å². The number of hydrogen-bond donors (Lipinski definition) is 2. The Morgan fingerprint density at radius 3 is 2.52 bits per heavy atom. The molecule has 2 rings (SSSR count). The van der Waals surface area contributed by atoms with E-state index in [1.165, 1.54) is 19.3 Å². The minimum Gasteiger partial charge on any atom is -0.385 e. The smallest absolute Gasteiger partial charge is 0.251 e. The van der Waals surface area contributed by atoms with Crippen molar-refractivity contribution in [3.63, 3.8) is 0 Å². The van der Waals surface area contributed by atoms with E-state index >= 15 is 0 Å². The van der Waals surface area contributed by atoms with Crippen LogP contribution in [0.2, 0.25) is 0 Å². The van der Waals surface area contributed by atoms with Crippen LogP contribution in [-0.4, -0.2) is 43.5 Å². The third-order valence-electron chi connectivity index (χ3n) is 4.66. The summed E-state index contributed by atoms with van der Waals surface area (Å²) in [5.41, 5.74) is 3.01. The number of carbonyl (C=O) groups is 1. The summed E-state index contributed by atoms with van der Waals surface area (Å²) in [6, 6.07) is 5.91. The van der Waals surface area contributed by atoms with E-state index in [2.05, 4.69) is 36.6 Å². The van der Waals surface area contributed by atoms with Crippen molar-refractivity contribution >= 4 is 11.6 Å². The second-order valence-corrected chi connectivity index (χ2v) is 6.22. The molecule has 0 saturated heterocycles. The molecule has 1 aliphatic rings. The fraction of sp³-hybridized carbons (Fsp3) is 0.588. The van der Waals surface area contributed by atoms with Gasteiger partial charge in [0.2, 0.25) is 0 Å². The maximum absolute atomic E-state index is 12.4. The number of likely N-dealkylation sites (N-methyl/N-ethyl adjacent to an activating group) is 1. The van der Waals surface area contributed by atoms with Crippen molar-refractivity contribution in [2.24, 2.45) is 0 Å². The number of anilines is 1. The Hall–Kier alpha value is -1.55. The van der Waals surface area contributed by atoms with Crippen LogP contribution in [0.1, 0.15) is 42.1 Å². The lowest BCUT2D eigenvalue weighted by Crippen LogP contribution is -2.57. The Balaban J connectivity index is 2.00. The third kappa shape index (κ3) is 3.38. The molecule has 0 aliphatic heterocycles. The maximum Gasteiger partial charge on any atom is 0.251 e. The second-order valence-electron chi connectivity index (χ2n) is 6.22. The Morgan fingerprint density at radius 1 is 1.33 bits per heavy atom. The molecule has 2 N–H and O–H groups in total. The molecule has 1 amide bonds. The van der Waals surface area contributed by atoms with E-state index in [-0.39, 0.29) is 11.4 Å². The van der Waals surface area contributed by atoms with Gasteiger partial charge in [-0.2, -0.15) is 0 Å². The zero-order chi connectivity index (χ0) is 15.5. The van der Waals surface area contributed by atoms with E-state index in [1.54, 1.807) is 0 Å². The second kappa shape index (κ2) is 6.48.